The zero-order valence-electron chi connectivity index (χ0n) is 17.4. The third-order valence-corrected chi connectivity index (χ3v) is 3.21. The molecule has 2 heterocycles. The van der Waals surface area contributed by atoms with Gasteiger partial charge in [0.2, 0.25) is 0 Å². The summed E-state index contributed by atoms with van der Waals surface area (Å²) in [4.78, 5) is 34.1. The molecule has 1 fully saturated rings. The van der Waals surface area contributed by atoms with Gasteiger partial charge in [-0.25, -0.2) is 9.78 Å². The fourth-order valence-corrected chi connectivity index (χ4v) is 2.27. The SMILES string of the molecule is CC(=O)O.CC(=O)O.CC(C)(C)OC(=O)Nc1cccc(C[C@H]2CNC[C@@H]2O)n1. The molecule has 1 saturated heterocycles. The average molecular weight is 413 g/mol. The van der Waals surface area contributed by atoms with Crippen molar-refractivity contribution in [1.82, 2.24) is 10.3 Å². The van der Waals surface area contributed by atoms with Gasteiger partial charge in [0.25, 0.3) is 11.9 Å². The number of carboxylic acids is 2. The van der Waals surface area contributed by atoms with Gasteiger partial charge in [-0.2, -0.15) is 0 Å². The van der Waals surface area contributed by atoms with E-state index in [-0.39, 0.29) is 12.0 Å². The molecule has 1 amide bonds. The average Bonchev–Trinajstić information content (AvgIpc) is 2.89. The molecule has 0 bridgehead atoms. The van der Waals surface area contributed by atoms with E-state index in [9.17, 15) is 9.90 Å². The number of aliphatic hydroxyl groups excluding tert-OH is 1. The second-order valence-electron chi connectivity index (χ2n) is 7.37. The lowest BCUT2D eigenvalue weighted by Crippen LogP contribution is -2.27. The molecule has 10 nitrogen and oxygen atoms in total. The largest absolute Gasteiger partial charge is 0.481 e. The summed E-state index contributed by atoms with van der Waals surface area (Å²) in [5, 5.41) is 30.4. The minimum absolute atomic E-state index is 0.161. The van der Waals surface area contributed by atoms with Gasteiger partial charge in [0.15, 0.2) is 0 Å². The molecule has 0 aromatic carbocycles. The maximum absolute atomic E-state index is 11.7. The second kappa shape index (κ2) is 12.7. The summed E-state index contributed by atoms with van der Waals surface area (Å²) in [7, 11) is 0. The highest BCUT2D eigenvalue weighted by Gasteiger charge is 2.25. The summed E-state index contributed by atoms with van der Waals surface area (Å²) in [5.74, 6) is -1.04. The van der Waals surface area contributed by atoms with Crippen LogP contribution < -0.4 is 10.6 Å². The van der Waals surface area contributed by atoms with Crippen molar-refractivity contribution in [1.29, 1.82) is 0 Å². The highest BCUT2D eigenvalue weighted by molar-refractivity contribution is 5.83. The van der Waals surface area contributed by atoms with Crippen LogP contribution in [0.2, 0.25) is 0 Å². The van der Waals surface area contributed by atoms with Gasteiger partial charge >= 0.3 is 6.09 Å². The summed E-state index contributed by atoms with van der Waals surface area (Å²) in [6.45, 7) is 9.01. The molecule has 29 heavy (non-hydrogen) atoms. The maximum atomic E-state index is 11.7. The predicted octanol–water partition coefficient (Wildman–Crippen LogP) is 1.73. The number of carbonyl (C=O) groups is 3. The van der Waals surface area contributed by atoms with Crippen LogP contribution in [0, 0.1) is 5.92 Å². The number of aliphatic hydroxyl groups is 1. The first-order chi connectivity index (χ1) is 13.3. The lowest BCUT2D eigenvalue weighted by atomic mass is 10.00. The number of aromatic nitrogens is 1. The van der Waals surface area contributed by atoms with Crippen LogP contribution in [0.4, 0.5) is 10.6 Å². The van der Waals surface area contributed by atoms with Crippen LogP contribution in [-0.2, 0) is 20.7 Å². The molecule has 1 aliphatic heterocycles. The number of carbonyl (C=O) groups excluding carboxylic acids is 1. The van der Waals surface area contributed by atoms with Gasteiger partial charge < -0.3 is 25.4 Å². The van der Waals surface area contributed by atoms with E-state index in [1.54, 1.807) is 6.07 Å². The van der Waals surface area contributed by atoms with E-state index in [1.807, 2.05) is 32.9 Å². The molecule has 5 N–H and O–H groups in total. The Balaban J connectivity index is 0.000000837. The first kappa shape index (κ1) is 26.3. The monoisotopic (exact) mass is 413 g/mol. The number of β-amino-alcohol motifs (C(OH)–C–C–N with tert-alkyl or cyclic N) is 1. The smallest absolute Gasteiger partial charge is 0.413 e. The number of rotatable bonds is 3. The first-order valence-corrected chi connectivity index (χ1v) is 9.04. The Hall–Kier alpha value is -2.72. The van der Waals surface area contributed by atoms with Crippen LogP contribution in [0.15, 0.2) is 18.2 Å². The van der Waals surface area contributed by atoms with Crippen molar-refractivity contribution in [2.75, 3.05) is 18.4 Å². The molecular formula is C19H31N3O7. The number of amides is 1. The molecular weight excluding hydrogens is 382 g/mol. The summed E-state index contributed by atoms with van der Waals surface area (Å²) < 4.78 is 5.19. The summed E-state index contributed by atoms with van der Waals surface area (Å²) in [5.41, 5.74) is 0.303. The van der Waals surface area contributed by atoms with Crippen LogP contribution in [0.1, 0.15) is 40.3 Å². The predicted molar refractivity (Wildman–Crippen MR) is 107 cm³/mol. The van der Waals surface area contributed by atoms with E-state index in [4.69, 9.17) is 24.5 Å². The number of hydrogen-bond donors (Lipinski definition) is 5. The topological polar surface area (TPSA) is 158 Å². The van der Waals surface area contributed by atoms with Crippen LogP contribution in [-0.4, -0.2) is 63.1 Å². The van der Waals surface area contributed by atoms with E-state index in [1.165, 1.54) is 0 Å². The summed E-state index contributed by atoms with van der Waals surface area (Å²) in [6, 6.07) is 5.45. The van der Waals surface area contributed by atoms with E-state index in [2.05, 4.69) is 15.6 Å². The van der Waals surface area contributed by atoms with Crippen LogP contribution in [0.3, 0.4) is 0 Å². The number of pyridine rings is 1. The van der Waals surface area contributed by atoms with Crippen molar-refractivity contribution in [3.05, 3.63) is 23.9 Å². The Morgan fingerprint density at radius 2 is 1.72 bits per heavy atom. The van der Waals surface area contributed by atoms with Gasteiger partial charge in [-0.15, -0.1) is 0 Å². The van der Waals surface area contributed by atoms with Crippen molar-refractivity contribution in [2.24, 2.45) is 5.92 Å². The molecule has 10 heteroatoms. The van der Waals surface area contributed by atoms with Crippen molar-refractivity contribution in [3.63, 3.8) is 0 Å². The number of aliphatic carboxylic acids is 2. The van der Waals surface area contributed by atoms with Gasteiger partial charge in [-0.3, -0.25) is 14.9 Å². The summed E-state index contributed by atoms with van der Waals surface area (Å²) >= 11 is 0. The Morgan fingerprint density at radius 3 is 2.17 bits per heavy atom. The molecule has 1 aromatic rings. The first-order valence-electron chi connectivity index (χ1n) is 9.04. The van der Waals surface area contributed by atoms with Gasteiger partial charge in [0.05, 0.1) is 6.10 Å². The van der Waals surface area contributed by atoms with Crippen molar-refractivity contribution >= 4 is 23.8 Å². The minimum Gasteiger partial charge on any atom is -0.481 e. The molecule has 0 spiro atoms. The van der Waals surface area contributed by atoms with Crippen LogP contribution in [0.25, 0.3) is 0 Å². The fourth-order valence-electron chi connectivity index (χ4n) is 2.27. The number of anilines is 1. The third-order valence-electron chi connectivity index (χ3n) is 3.21. The molecule has 0 radical (unpaired) electrons. The Labute approximate surface area is 170 Å². The zero-order chi connectivity index (χ0) is 22.6. The highest BCUT2D eigenvalue weighted by atomic mass is 16.6. The molecule has 0 aliphatic carbocycles. The number of ether oxygens (including phenoxy) is 1. The molecule has 2 rings (SSSR count). The second-order valence-corrected chi connectivity index (χ2v) is 7.37. The minimum atomic E-state index is -0.833. The van der Waals surface area contributed by atoms with Gasteiger partial charge in [-0.1, -0.05) is 6.07 Å². The van der Waals surface area contributed by atoms with Gasteiger partial charge in [-0.05, 0) is 39.3 Å². The van der Waals surface area contributed by atoms with Crippen LogP contribution in [0.5, 0.6) is 0 Å². The van der Waals surface area contributed by atoms with Crippen molar-refractivity contribution in [3.8, 4) is 0 Å². The molecule has 164 valence electrons. The fraction of sp³-hybridized carbons (Fsp3) is 0.579. The molecule has 0 unspecified atom stereocenters. The van der Waals surface area contributed by atoms with E-state index in [0.29, 0.717) is 18.8 Å². The van der Waals surface area contributed by atoms with Crippen LogP contribution >= 0.6 is 0 Å². The Kier molecular flexibility index (Phi) is 11.5. The number of carboxylic acid groups (broad SMARTS) is 2. The van der Waals surface area contributed by atoms with Gasteiger partial charge in [0.1, 0.15) is 11.4 Å². The van der Waals surface area contributed by atoms with E-state index >= 15 is 0 Å². The number of hydrogen-bond acceptors (Lipinski definition) is 7. The Morgan fingerprint density at radius 1 is 1.17 bits per heavy atom. The van der Waals surface area contributed by atoms with E-state index in [0.717, 1.165) is 26.1 Å². The Bertz CT molecular complexity index is 654. The summed E-state index contributed by atoms with van der Waals surface area (Å²) in [6.07, 6.45) is -0.179. The normalized spacial score (nSPS) is 17.7. The van der Waals surface area contributed by atoms with E-state index < -0.39 is 23.6 Å². The maximum Gasteiger partial charge on any atom is 0.413 e. The molecule has 1 aromatic heterocycles. The van der Waals surface area contributed by atoms with Gasteiger partial charge in [0, 0.05) is 38.5 Å². The number of nitrogens with one attached hydrogen (secondary N) is 2. The zero-order valence-corrected chi connectivity index (χ0v) is 17.4. The molecule has 1 aliphatic rings. The standard InChI is InChI=1S/C15H23N3O3.2C2H4O2/c1-15(2,3)21-14(20)18-13-6-4-5-11(17-13)7-10-8-16-9-12(10)19;2*1-2(3)4/h4-6,10,12,16,19H,7-9H2,1-3H3,(H,17,18,20);2*1H3,(H,3,4)/t10-,12-;;/m0../s1. The highest BCUT2D eigenvalue weighted by Crippen LogP contribution is 2.16. The lowest BCUT2D eigenvalue weighted by Gasteiger charge is -2.19. The van der Waals surface area contributed by atoms with Crippen molar-refractivity contribution < 1.29 is 34.4 Å². The molecule has 0 saturated carbocycles. The quantitative estimate of drug-likeness (QED) is 0.497. The number of nitrogens with zero attached hydrogens (tertiary/aromatic N) is 1. The lowest BCUT2D eigenvalue weighted by molar-refractivity contribution is -0.135. The molecule has 2 atom stereocenters. The third kappa shape index (κ3) is 14.9. The van der Waals surface area contributed by atoms with Crippen molar-refractivity contribution in [2.45, 2.75) is 52.7 Å².